The second-order valence-corrected chi connectivity index (χ2v) is 6.97. The fraction of sp³-hybridized carbons (Fsp3) is 0.286. The van der Waals surface area contributed by atoms with Crippen LogP contribution in [0.15, 0.2) is 60.1 Å². The number of pyridine rings is 1. The third kappa shape index (κ3) is 5.30. The molecule has 3 rings (SSSR count). The Morgan fingerprint density at radius 2 is 2.10 bits per heavy atom. The lowest BCUT2D eigenvalue weighted by Gasteiger charge is -2.28. The van der Waals surface area contributed by atoms with E-state index in [0.717, 1.165) is 16.9 Å². The molecule has 0 fully saturated rings. The molecule has 0 aliphatic carbocycles. The molecule has 0 saturated heterocycles. The summed E-state index contributed by atoms with van der Waals surface area (Å²) in [7, 11) is 1.77. The van der Waals surface area contributed by atoms with Gasteiger partial charge in [0, 0.05) is 49.7 Å². The van der Waals surface area contributed by atoms with Crippen molar-refractivity contribution in [3.8, 4) is 5.75 Å². The summed E-state index contributed by atoms with van der Waals surface area (Å²) in [6.07, 6.45) is 3.97. The van der Waals surface area contributed by atoms with Gasteiger partial charge < -0.3 is 25.4 Å². The Morgan fingerprint density at radius 1 is 1.31 bits per heavy atom. The number of carbonyl (C=O) groups excluding carboxylic acids is 1. The molecule has 0 atom stereocenters. The maximum absolute atomic E-state index is 12.8. The van der Waals surface area contributed by atoms with Crippen molar-refractivity contribution in [2.75, 3.05) is 32.1 Å². The first-order valence-corrected chi connectivity index (χ1v) is 9.76. The van der Waals surface area contributed by atoms with Gasteiger partial charge in [0.25, 0.3) is 5.91 Å². The quantitative estimate of drug-likeness (QED) is 0.573. The molecule has 0 bridgehead atoms. The van der Waals surface area contributed by atoms with Gasteiger partial charge in [-0.1, -0.05) is 30.4 Å². The number of rotatable bonds is 8. The minimum atomic E-state index is -0.112. The highest BCUT2D eigenvalue weighted by atomic mass is 32.1. The summed E-state index contributed by atoms with van der Waals surface area (Å²) in [6.45, 7) is 1.19. The number of benzene rings is 1. The lowest BCUT2D eigenvalue weighted by Crippen LogP contribution is -2.40. The summed E-state index contributed by atoms with van der Waals surface area (Å²) in [6, 6.07) is 11.4. The van der Waals surface area contributed by atoms with Gasteiger partial charge in [-0.3, -0.25) is 9.78 Å². The van der Waals surface area contributed by atoms with Crippen LogP contribution in [0.25, 0.3) is 0 Å². The van der Waals surface area contributed by atoms with Gasteiger partial charge in [-0.25, -0.2) is 0 Å². The first-order chi connectivity index (χ1) is 14.1. The molecule has 2 aromatic rings. The van der Waals surface area contributed by atoms with Crippen molar-refractivity contribution in [2.45, 2.75) is 13.0 Å². The summed E-state index contributed by atoms with van der Waals surface area (Å²) < 4.78 is 5.54. The maximum Gasteiger partial charge on any atom is 0.258 e. The number of ether oxygens (including phenoxy) is 1. The van der Waals surface area contributed by atoms with Crippen LogP contribution in [0.3, 0.4) is 0 Å². The second-order valence-electron chi connectivity index (χ2n) is 6.56. The van der Waals surface area contributed by atoms with E-state index in [2.05, 4.69) is 15.6 Å². The zero-order valence-electron chi connectivity index (χ0n) is 16.2. The fourth-order valence-electron chi connectivity index (χ4n) is 2.99. The summed E-state index contributed by atoms with van der Waals surface area (Å²) in [5, 5.41) is 15.5. The molecule has 1 aromatic carbocycles. The Kier molecular flexibility index (Phi) is 7.15. The van der Waals surface area contributed by atoms with Crippen molar-refractivity contribution in [3.05, 3.63) is 65.6 Å². The predicted octanol–water partition coefficient (Wildman–Crippen LogP) is 2.10. The van der Waals surface area contributed by atoms with Gasteiger partial charge in [0.2, 0.25) is 0 Å². The average molecular weight is 413 g/mol. The van der Waals surface area contributed by atoms with Gasteiger partial charge in [-0.15, -0.1) is 0 Å². The van der Waals surface area contributed by atoms with Crippen LogP contribution < -0.4 is 15.4 Å². The van der Waals surface area contributed by atoms with Gasteiger partial charge >= 0.3 is 0 Å². The van der Waals surface area contributed by atoms with E-state index in [4.69, 9.17) is 22.1 Å². The predicted molar refractivity (Wildman–Crippen MR) is 116 cm³/mol. The molecule has 1 aliphatic heterocycles. The first-order valence-electron chi connectivity index (χ1n) is 9.35. The van der Waals surface area contributed by atoms with Crippen LogP contribution in [0.1, 0.15) is 12.0 Å². The normalized spacial score (nSPS) is 14.0. The number of carbonyl (C=O) groups is 1. The van der Waals surface area contributed by atoms with Crippen molar-refractivity contribution in [1.29, 1.82) is 0 Å². The number of hydrogen-bond acceptors (Lipinski definition) is 6. The maximum atomic E-state index is 12.8. The standard InChI is InChI=1S/C21H24N4O3S/c1-25-10-8-17(23-13-15-7-9-22-14-18(15)28-12-11-26)19(21(25)27)20(29)24-16-5-3-2-4-6-16/h2-7,9,14,23,26H,8,10-13H2,1H3,(H,24,29). The molecule has 1 aromatic heterocycles. The topological polar surface area (TPSA) is 86.7 Å². The fourth-order valence-corrected chi connectivity index (χ4v) is 3.32. The Hall–Kier alpha value is -2.97. The van der Waals surface area contributed by atoms with Crippen molar-refractivity contribution in [1.82, 2.24) is 15.2 Å². The van der Waals surface area contributed by atoms with E-state index in [1.165, 1.54) is 0 Å². The molecule has 7 nitrogen and oxygen atoms in total. The van der Waals surface area contributed by atoms with E-state index < -0.39 is 0 Å². The number of anilines is 1. The highest BCUT2D eigenvalue weighted by Gasteiger charge is 2.28. The van der Waals surface area contributed by atoms with Gasteiger partial charge in [-0.2, -0.15) is 0 Å². The minimum absolute atomic E-state index is 0.0721. The number of aliphatic hydroxyl groups excluding tert-OH is 1. The van der Waals surface area contributed by atoms with Gasteiger partial charge in [0.05, 0.1) is 18.4 Å². The summed E-state index contributed by atoms with van der Waals surface area (Å²) in [5.41, 5.74) is 2.99. The van der Waals surface area contributed by atoms with Crippen LogP contribution in [-0.4, -0.2) is 52.7 Å². The van der Waals surface area contributed by atoms with E-state index >= 15 is 0 Å². The summed E-state index contributed by atoms with van der Waals surface area (Å²) in [5.74, 6) is 0.485. The zero-order chi connectivity index (χ0) is 20.6. The number of aliphatic hydroxyl groups is 1. The first kappa shape index (κ1) is 20.8. The SMILES string of the molecule is CN1CCC(NCc2ccncc2OCCO)=C(C(=S)Nc2ccccc2)C1=O. The van der Waals surface area contributed by atoms with Gasteiger partial charge in [0.15, 0.2) is 0 Å². The molecule has 0 saturated carbocycles. The molecule has 1 aliphatic rings. The van der Waals surface area contributed by atoms with Crippen LogP contribution >= 0.6 is 12.2 Å². The molecule has 0 unspecified atom stereocenters. The Labute approximate surface area is 175 Å². The second kappa shape index (κ2) is 9.99. The van der Waals surface area contributed by atoms with Gasteiger partial charge in [0.1, 0.15) is 17.3 Å². The van der Waals surface area contributed by atoms with Crippen molar-refractivity contribution in [3.63, 3.8) is 0 Å². The molecular formula is C21H24N4O3S. The summed E-state index contributed by atoms with van der Waals surface area (Å²) >= 11 is 5.56. The number of para-hydroxylation sites is 1. The molecule has 0 spiro atoms. The summed E-state index contributed by atoms with van der Waals surface area (Å²) in [4.78, 5) is 19.0. The van der Waals surface area contributed by atoms with Crippen molar-refractivity contribution < 1.29 is 14.6 Å². The van der Waals surface area contributed by atoms with E-state index in [9.17, 15) is 4.79 Å². The van der Waals surface area contributed by atoms with Crippen LogP contribution in [-0.2, 0) is 11.3 Å². The van der Waals surface area contributed by atoms with Crippen LogP contribution in [0.5, 0.6) is 5.75 Å². The highest BCUT2D eigenvalue weighted by molar-refractivity contribution is 7.81. The van der Waals surface area contributed by atoms with E-state index in [1.54, 1.807) is 24.3 Å². The number of thiocarbonyl (C=S) groups is 1. The number of nitrogens with one attached hydrogen (secondary N) is 2. The largest absolute Gasteiger partial charge is 0.489 e. The number of nitrogens with zero attached hydrogens (tertiary/aromatic N) is 2. The van der Waals surface area contributed by atoms with Crippen LogP contribution in [0, 0.1) is 0 Å². The number of hydrogen-bond donors (Lipinski definition) is 3. The lowest BCUT2D eigenvalue weighted by molar-refractivity contribution is -0.126. The molecule has 2 heterocycles. The van der Waals surface area contributed by atoms with Crippen molar-refractivity contribution in [2.24, 2.45) is 0 Å². The molecule has 152 valence electrons. The molecule has 0 radical (unpaired) electrons. The Morgan fingerprint density at radius 3 is 2.86 bits per heavy atom. The third-order valence-corrected chi connectivity index (χ3v) is 4.84. The molecular weight excluding hydrogens is 388 g/mol. The smallest absolute Gasteiger partial charge is 0.258 e. The third-order valence-electron chi connectivity index (χ3n) is 4.53. The van der Waals surface area contributed by atoms with Crippen molar-refractivity contribution >= 4 is 28.8 Å². The monoisotopic (exact) mass is 412 g/mol. The van der Waals surface area contributed by atoms with Crippen LogP contribution in [0.4, 0.5) is 5.69 Å². The number of aromatic nitrogens is 1. The number of amides is 1. The van der Waals surface area contributed by atoms with Gasteiger partial charge in [-0.05, 0) is 18.2 Å². The average Bonchev–Trinajstić information content (AvgIpc) is 2.74. The van der Waals surface area contributed by atoms with E-state index in [-0.39, 0.29) is 19.1 Å². The highest BCUT2D eigenvalue weighted by Crippen LogP contribution is 2.22. The lowest BCUT2D eigenvalue weighted by atomic mass is 10.0. The molecule has 29 heavy (non-hydrogen) atoms. The molecule has 1 amide bonds. The Balaban J connectivity index is 1.80. The zero-order valence-corrected chi connectivity index (χ0v) is 17.0. The molecule has 3 N–H and O–H groups in total. The van der Waals surface area contributed by atoms with E-state index in [0.29, 0.717) is 35.8 Å². The van der Waals surface area contributed by atoms with E-state index in [1.807, 2.05) is 36.4 Å². The molecule has 8 heteroatoms. The Bertz CT molecular complexity index is 902. The minimum Gasteiger partial charge on any atom is -0.489 e. The van der Waals surface area contributed by atoms with Crippen LogP contribution in [0.2, 0.25) is 0 Å². The number of likely N-dealkylation sites (N-methyl/N-ethyl adjacent to an activating group) is 1.